The molecule has 0 amide bonds. The van der Waals surface area contributed by atoms with Crippen molar-refractivity contribution in [1.29, 1.82) is 0 Å². The van der Waals surface area contributed by atoms with Crippen LogP contribution in [-0.4, -0.2) is 24.7 Å². The van der Waals surface area contributed by atoms with Crippen molar-refractivity contribution < 1.29 is 40.6 Å². The first-order chi connectivity index (χ1) is 16.3. The van der Waals surface area contributed by atoms with Gasteiger partial charge >= 0.3 is 18.3 Å². The molecule has 2 aliphatic rings. The van der Waals surface area contributed by atoms with Gasteiger partial charge in [-0.15, -0.1) is 0 Å². The quantitative estimate of drug-likeness (QED) is 0.394. The summed E-state index contributed by atoms with van der Waals surface area (Å²) in [5.74, 6) is -0.256. The standard InChI is InChI=1S/C25H25F6NO3/c1-16(17-11-19(24(26,27)28)13-20(12-17)25(29,30)31)34-15-23(18-5-3-2-4-6-18)10-9-22(14-32-23)8-7-21(33)35-22/h2-6,11-13,16,32H,7-10,14-15H2,1H3. The van der Waals surface area contributed by atoms with Gasteiger partial charge in [0.1, 0.15) is 5.60 Å². The first-order valence-electron chi connectivity index (χ1n) is 11.3. The van der Waals surface area contributed by atoms with E-state index in [9.17, 15) is 31.1 Å². The Morgan fingerprint density at radius 2 is 1.60 bits per heavy atom. The molecular formula is C25H25F6NO3. The fraction of sp³-hybridized carbons (Fsp3) is 0.480. The van der Waals surface area contributed by atoms with Gasteiger partial charge in [0.05, 0.1) is 29.4 Å². The van der Waals surface area contributed by atoms with Crippen LogP contribution in [-0.2, 0) is 32.2 Å². The molecule has 0 aromatic heterocycles. The number of benzene rings is 2. The van der Waals surface area contributed by atoms with Crippen LogP contribution in [0, 0.1) is 0 Å². The van der Waals surface area contributed by atoms with Crippen LogP contribution in [0.4, 0.5) is 26.3 Å². The number of alkyl halides is 6. The average molecular weight is 501 g/mol. The minimum atomic E-state index is -4.93. The Morgan fingerprint density at radius 1 is 0.971 bits per heavy atom. The number of carbonyl (C=O) groups excluding carboxylic acids is 1. The minimum absolute atomic E-state index is 0.000195. The molecule has 0 saturated carbocycles. The van der Waals surface area contributed by atoms with Crippen molar-refractivity contribution in [3.05, 3.63) is 70.8 Å². The Hall–Kier alpha value is -2.59. The lowest BCUT2D eigenvalue weighted by molar-refractivity contribution is -0.152. The highest BCUT2D eigenvalue weighted by Crippen LogP contribution is 2.42. The molecule has 4 rings (SSSR count). The molecule has 2 heterocycles. The molecule has 2 fully saturated rings. The largest absolute Gasteiger partial charge is 0.458 e. The van der Waals surface area contributed by atoms with E-state index in [1.165, 1.54) is 6.92 Å². The van der Waals surface area contributed by atoms with Crippen LogP contribution < -0.4 is 5.32 Å². The Balaban J connectivity index is 1.58. The van der Waals surface area contributed by atoms with Crippen molar-refractivity contribution in [1.82, 2.24) is 5.32 Å². The van der Waals surface area contributed by atoms with Gasteiger partial charge in [-0.05, 0) is 55.5 Å². The highest BCUT2D eigenvalue weighted by atomic mass is 19.4. The third-order valence-electron chi connectivity index (χ3n) is 6.86. The van der Waals surface area contributed by atoms with Crippen molar-refractivity contribution in [2.45, 2.75) is 62.2 Å². The monoisotopic (exact) mass is 501 g/mol. The summed E-state index contributed by atoms with van der Waals surface area (Å²) in [4.78, 5) is 11.7. The molecule has 2 saturated heterocycles. The van der Waals surface area contributed by atoms with E-state index in [1.807, 2.05) is 30.3 Å². The van der Waals surface area contributed by atoms with Crippen LogP contribution >= 0.6 is 0 Å². The number of ether oxygens (including phenoxy) is 2. The summed E-state index contributed by atoms with van der Waals surface area (Å²) in [7, 11) is 0. The van der Waals surface area contributed by atoms with Crippen molar-refractivity contribution >= 4 is 5.97 Å². The van der Waals surface area contributed by atoms with Gasteiger partial charge in [0.2, 0.25) is 0 Å². The summed E-state index contributed by atoms with van der Waals surface area (Å²) in [5, 5.41) is 3.42. The third-order valence-corrected chi connectivity index (χ3v) is 6.86. The van der Waals surface area contributed by atoms with Crippen molar-refractivity contribution in [3.63, 3.8) is 0 Å². The normalized spacial score (nSPS) is 26.1. The zero-order chi connectivity index (χ0) is 25.5. The van der Waals surface area contributed by atoms with Crippen LogP contribution in [0.2, 0.25) is 0 Å². The molecule has 2 aromatic carbocycles. The molecule has 1 N–H and O–H groups in total. The van der Waals surface area contributed by atoms with Gasteiger partial charge in [-0.3, -0.25) is 4.79 Å². The first-order valence-corrected chi connectivity index (χ1v) is 11.3. The van der Waals surface area contributed by atoms with Gasteiger partial charge in [0.25, 0.3) is 0 Å². The number of esters is 1. The number of hydrogen-bond acceptors (Lipinski definition) is 4. The number of rotatable bonds is 5. The number of hydrogen-bond donors (Lipinski definition) is 1. The average Bonchev–Trinajstić information content (AvgIpc) is 3.18. The maximum absolute atomic E-state index is 13.3. The van der Waals surface area contributed by atoms with E-state index in [4.69, 9.17) is 9.47 Å². The van der Waals surface area contributed by atoms with E-state index in [1.54, 1.807) is 0 Å². The molecular weight excluding hydrogens is 476 g/mol. The molecule has 4 nitrogen and oxygen atoms in total. The molecule has 35 heavy (non-hydrogen) atoms. The van der Waals surface area contributed by atoms with E-state index in [-0.39, 0.29) is 24.2 Å². The van der Waals surface area contributed by atoms with E-state index in [0.717, 1.165) is 5.56 Å². The molecule has 0 aliphatic carbocycles. The first kappa shape index (κ1) is 25.5. The predicted octanol–water partition coefficient (Wildman–Crippen LogP) is 6.16. The summed E-state index contributed by atoms with van der Waals surface area (Å²) in [6.45, 7) is 1.80. The van der Waals surface area contributed by atoms with E-state index in [0.29, 0.717) is 44.4 Å². The molecule has 3 atom stereocenters. The van der Waals surface area contributed by atoms with Gasteiger partial charge in [-0.1, -0.05) is 30.3 Å². The zero-order valence-electron chi connectivity index (χ0n) is 18.9. The van der Waals surface area contributed by atoms with Gasteiger partial charge in [0.15, 0.2) is 0 Å². The predicted molar refractivity (Wildman–Crippen MR) is 114 cm³/mol. The second-order valence-electron chi connectivity index (χ2n) is 9.25. The molecule has 1 spiro atoms. The summed E-state index contributed by atoms with van der Waals surface area (Å²) >= 11 is 0. The summed E-state index contributed by atoms with van der Waals surface area (Å²) in [6, 6.07) is 10.8. The maximum Gasteiger partial charge on any atom is 0.416 e. The topological polar surface area (TPSA) is 47.6 Å². The van der Waals surface area contributed by atoms with Crippen LogP contribution in [0.1, 0.15) is 61.0 Å². The third kappa shape index (κ3) is 5.48. The molecule has 0 bridgehead atoms. The highest BCUT2D eigenvalue weighted by Gasteiger charge is 2.48. The van der Waals surface area contributed by atoms with Gasteiger partial charge in [-0.2, -0.15) is 26.3 Å². The van der Waals surface area contributed by atoms with Crippen LogP contribution in [0.15, 0.2) is 48.5 Å². The Bertz CT molecular complexity index is 1030. The second-order valence-corrected chi connectivity index (χ2v) is 9.25. The van der Waals surface area contributed by atoms with Crippen molar-refractivity contribution in [3.8, 4) is 0 Å². The van der Waals surface area contributed by atoms with Crippen molar-refractivity contribution in [2.75, 3.05) is 13.2 Å². The van der Waals surface area contributed by atoms with Gasteiger partial charge in [0, 0.05) is 13.0 Å². The fourth-order valence-corrected chi connectivity index (χ4v) is 4.71. The van der Waals surface area contributed by atoms with Crippen LogP contribution in [0.5, 0.6) is 0 Å². The molecule has 2 aromatic rings. The van der Waals surface area contributed by atoms with E-state index in [2.05, 4.69) is 5.32 Å². The minimum Gasteiger partial charge on any atom is -0.458 e. The molecule has 2 aliphatic heterocycles. The van der Waals surface area contributed by atoms with Gasteiger partial charge in [-0.25, -0.2) is 0 Å². The molecule has 190 valence electrons. The summed E-state index contributed by atoms with van der Waals surface area (Å²) < 4.78 is 91.1. The number of nitrogens with one attached hydrogen (secondary N) is 1. The van der Waals surface area contributed by atoms with E-state index >= 15 is 0 Å². The van der Waals surface area contributed by atoms with Gasteiger partial charge < -0.3 is 14.8 Å². The SMILES string of the molecule is CC(OCC1(c2ccccc2)CCC2(CCC(=O)O2)CN1)c1cc(C(F)(F)F)cc(C(F)(F)F)c1. The van der Waals surface area contributed by atoms with E-state index < -0.39 is 40.7 Å². The Kier molecular flexibility index (Phi) is 6.65. The Labute approximate surface area is 198 Å². The summed E-state index contributed by atoms with van der Waals surface area (Å²) in [6.07, 6.45) is -8.91. The molecule has 3 unspecified atom stereocenters. The number of halogens is 6. The smallest absolute Gasteiger partial charge is 0.416 e. The zero-order valence-corrected chi connectivity index (χ0v) is 18.9. The molecule has 0 radical (unpaired) electrons. The maximum atomic E-state index is 13.3. The lowest BCUT2D eigenvalue weighted by Crippen LogP contribution is -2.58. The van der Waals surface area contributed by atoms with Crippen LogP contribution in [0.3, 0.4) is 0 Å². The Morgan fingerprint density at radius 3 is 2.09 bits per heavy atom. The summed E-state index contributed by atoms with van der Waals surface area (Å²) in [5.41, 5.74) is -3.46. The lowest BCUT2D eigenvalue weighted by atomic mass is 9.77. The molecule has 10 heteroatoms. The second kappa shape index (κ2) is 9.13. The lowest BCUT2D eigenvalue weighted by Gasteiger charge is -2.45. The number of piperidine rings is 1. The highest BCUT2D eigenvalue weighted by molar-refractivity contribution is 5.72. The fourth-order valence-electron chi connectivity index (χ4n) is 4.71. The van der Waals surface area contributed by atoms with Crippen LogP contribution in [0.25, 0.3) is 0 Å². The van der Waals surface area contributed by atoms with Crippen molar-refractivity contribution in [2.24, 2.45) is 0 Å². The number of carbonyl (C=O) groups is 1.